The molecule has 3 rings (SSSR count). The number of unbranched alkanes of at least 4 members (excludes halogenated alkanes) is 4. The number of aliphatic imine (C=N–C) groups is 1. The molecule has 1 aliphatic rings. The molecule has 2 aromatic rings. The molecule has 10 heteroatoms. The van der Waals surface area contributed by atoms with E-state index in [9.17, 15) is 19.7 Å². The number of rotatable bonds is 12. The van der Waals surface area contributed by atoms with Crippen LogP contribution < -0.4 is 0 Å². The van der Waals surface area contributed by atoms with Gasteiger partial charge < -0.3 is 14.0 Å². The molecule has 37 heavy (non-hydrogen) atoms. The van der Waals surface area contributed by atoms with Crippen molar-refractivity contribution >= 4 is 23.3 Å². The largest absolute Gasteiger partial charge is 0.468 e. The summed E-state index contributed by atoms with van der Waals surface area (Å²) in [6, 6.07) is 8.03. The quantitative estimate of drug-likeness (QED) is 0.163. The minimum atomic E-state index is -0.981. The van der Waals surface area contributed by atoms with Crippen LogP contribution in [0.3, 0.4) is 0 Å². The van der Waals surface area contributed by atoms with Gasteiger partial charge in [-0.3, -0.25) is 19.9 Å². The minimum Gasteiger partial charge on any atom is -0.468 e. The number of para-hydroxylation sites is 1. The third kappa shape index (κ3) is 6.90. The van der Waals surface area contributed by atoms with E-state index in [1.54, 1.807) is 32.0 Å². The third-order valence-corrected chi connectivity index (χ3v) is 6.45. The van der Waals surface area contributed by atoms with Gasteiger partial charge in [-0.15, -0.1) is 0 Å². The molecule has 1 aromatic carbocycles. The number of carbonyl (C=O) groups is 2. The molecule has 1 aliphatic heterocycles. The van der Waals surface area contributed by atoms with Gasteiger partial charge in [0.15, 0.2) is 0 Å². The highest BCUT2D eigenvalue weighted by molar-refractivity contribution is 6.07. The molecular formula is C27H33N3O7. The molecule has 0 saturated heterocycles. The summed E-state index contributed by atoms with van der Waals surface area (Å²) in [6.07, 6.45) is 5.41. The maximum absolute atomic E-state index is 13.2. The number of esters is 2. The standard InChI is InChI=1S/C27H33N3O7/c1-17-16-20(37-29-17)12-8-6-5-7-11-15-36-27(32)24-19(3)28-18(2)23(26(31)35-4)25(24)21-13-9-10-14-22(21)30(33)34/h9-10,13-14,16,23,25H,5-8,11-12,15H2,1-4H3. The Balaban J connectivity index is 1.66. The average molecular weight is 512 g/mol. The summed E-state index contributed by atoms with van der Waals surface area (Å²) >= 11 is 0. The van der Waals surface area contributed by atoms with E-state index >= 15 is 0 Å². The maximum atomic E-state index is 13.2. The lowest BCUT2D eigenvalue weighted by Gasteiger charge is -2.31. The van der Waals surface area contributed by atoms with E-state index in [0.29, 0.717) is 17.8 Å². The van der Waals surface area contributed by atoms with Crippen LogP contribution in [0.2, 0.25) is 0 Å². The van der Waals surface area contributed by atoms with E-state index in [4.69, 9.17) is 14.0 Å². The van der Waals surface area contributed by atoms with Gasteiger partial charge in [-0.25, -0.2) is 4.79 Å². The first-order chi connectivity index (χ1) is 17.7. The summed E-state index contributed by atoms with van der Waals surface area (Å²) in [5.41, 5.74) is 1.86. The molecule has 10 nitrogen and oxygen atoms in total. The summed E-state index contributed by atoms with van der Waals surface area (Å²) in [4.78, 5) is 41.6. The number of hydrogen-bond donors (Lipinski definition) is 0. The van der Waals surface area contributed by atoms with Gasteiger partial charge in [-0.2, -0.15) is 0 Å². The fourth-order valence-corrected chi connectivity index (χ4v) is 4.70. The lowest BCUT2D eigenvalue weighted by atomic mass is 9.75. The van der Waals surface area contributed by atoms with E-state index < -0.39 is 28.7 Å². The van der Waals surface area contributed by atoms with Gasteiger partial charge >= 0.3 is 11.9 Å². The van der Waals surface area contributed by atoms with Gasteiger partial charge in [0.2, 0.25) is 0 Å². The van der Waals surface area contributed by atoms with Crippen molar-refractivity contribution in [1.29, 1.82) is 0 Å². The number of hydrogen-bond acceptors (Lipinski definition) is 9. The van der Waals surface area contributed by atoms with Crippen molar-refractivity contribution in [2.45, 2.75) is 65.2 Å². The van der Waals surface area contributed by atoms with Crippen molar-refractivity contribution in [1.82, 2.24) is 5.16 Å². The minimum absolute atomic E-state index is 0.137. The highest BCUT2D eigenvalue weighted by Crippen LogP contribution is 2.43. The first-order valence-corrected chi connectivity index (χ1v) is 12.4. The van der Waals surface area contributed by atoms with Crippen molar-refractivity contribution < 1.29 is 28.5 Å². The van der Waals surface area contributed by atoms with Gasteiger partial charge in [0.25, 0.3) is 5.69 Å². The number of aromatic nitrogens is 1. The number of methoxy groups -OCH3 is 1. The number of aryl methyl sites for hydroxylation is 2. The molecular weight excluding hydrogens is 478 g/mol. The Labute approximate surface area is 215 Å². The fourth-order valence-electron chi connectivity index (χ4n) is 4.70. The summed E-state index contributed by atoms with van der Waals surface area (Å²) in [6.45, 7) is 5.39. The van der Waals surface area contributed by atoms with Gasteiger partial charge in [0.1, 0.15) is 11.7 Å². The summed E-state index contributed by atoms with van der Waals surface area (Å²) < 4.78 is 15.8. The SMILES string of the molecule is COC(=O)C1C(C)=NC(C)=C(C(=O)OCCCCCCCc2cc(C)no2)C1c1ccccc1[N+](=O)[O-]. The number of nitro benzene ring substituents is 1. The van der Waals surface area contributed by atoms with Crippen molar-refractivity contribution in [3.63, 3.8) is 0 Å². The Morgan fingerprint density at radius 2 is 1.78 bits per heavy atom. The van der Waals surface area contributed by atoms with Crippen molar-refractivity contribution in [3.05, 3.63) is 68.7 Å². The normalized spacial score (nSPS) is 17.4. The Kier molecular flexibility index (Phi) is 9.71. The topological polar surface area (TPSA) is 134 Å². The van der Waals surface area contributed by atoms with Crippen LogP contribution in [0.4, 0.5) is 5.69 Å². The molecule has 0 N–H and O–H groups in total. The molecule has 0 aliphatic carbocycles. The first-order valence-electron chi connectivity index (χ1n) is 12.4. The van der Waals surface area contributed by atoms with Crippen LogP contribution in [0, 0.1) is 23.0 Å². The van der Waals surface area contributed by atoms with Crippen LogP contribution in [0.25, 0.3) is 0 Å². The zero-order valence-corrected chi connectivity index (χ0v) is 21.7. The van der Waals surface area contributed by atoms with Crippen LogP contribution in [-0.4, -0.2) is 41.4 Å². The van der Waals surface area contributed by atoms with Crippen LogP contribution in [0.1, 0.15) is 68.9 Å². The smallest absolute Gasteiger partial charge is 0.336 e. The highest BCUT2D eigenvalue weighted by Gasteiger charge is 2.44. The Hall–Kier alpha value is -3.82. The van der Waals surface area contributed by atoms with Crippen LogP contribution >= 0.6 is 0 Å². The monoisotopic (exact) mass is 511 g/mol. The Bertz CT molecular complexity index is 1200. The highest BCUT2D eigenvalue weighted by atomic mass is 16.6. The second-order valence-corrected chi connectivity index (χ2v) is 9.13. The molecule has 2 unspecified atom stereocenters. The molecule has 0 saturated carbocycles. The van der Waals surface area contributed by atoms with Gasteiger partial charge in [-0.05, 0) is 33.6 Å². The zero-order chi connectivity index (χ0) is 26.9. The zero-order valence-electron chi connectivity index (χ0n) is 21.7. The first kappa shape index (κ1) is 27.8. The van der Waals surface area contributed by atoms with Gasteiger partial charge in [0.05, 0.1) is 29.9 Å². The molecule has 0 spiro atoms. The second-order valence-electron chi connectivity index (χ2n) is 9.13. The van der Waals surface area contributed by atoms with Gasteiger partial charge in [0, 0.05) is 41.4 Å². The predicted octanol–water partition coefficient (Wildman–Crippen LogP) is 5.25. The van der Waals surface area contributed by atoms with E-state index in [2.05, 4.69) is 10.1 Å². The number of carbonyl (C=O) groups excluding carboxylic acids is 2. The van der Waals surface area contributed by atoms with E-state index in [1.807, 2.05) is 13.0 Å². The molecule has 2 atom stereocenters. The third-order valence-electron chi connectivity index (χ3n) is 6.45. The summed E-state index contributed by atoms with van der Waals surface area (Å²) in [5.74, 6) is -2.29. The number of ether oxygens (including phenoxy) is 2. The molecule has 1 aromatic heterocycles. The van der Waals surface area contributed by atoms with Gasteiger partial charge in [-0.1, -0.05) is 42.6 Å². The van der Waals surface area contributed by atoms with Crippen molar-refractivity contribution in [3.8, 4) is 0 Å². The lowest BCUT2D eigenvalue weighted by molar-refractivity contribution is -0.385. The molecule has 0 bridgehead atoms. The van der Waals surface area contributed by atoms with Crippen molar-refractivity contribution in [2.75, 3.05) is 13.7 Å². The number of nitrogens with zero attached hydrogens (tertiary/aromatic N) is 3. The fraction of sp³-hybridized carbons (Fsp3) is 0.481. The summed E-state index contributed by atoms with van der Waals surface area (Å²) in [7, 11) is 1.24. The average Bonchev–Trinajstić information content (AvgIpc) is 3.29. The molecule has 0 fully saturated rings. The molecule has 198 valence electrons. The molecule has 2 heterocycles. The second kappa shape index (κ2) is 12.9. The van der Waals surface area contributed by atoms with E-state index in [0.717, 1.165) is 43.6 Å². The van der Waals surface area contributed by atoms with Crippen LogP contribution in [0.5, 0.6) is 0 Å². The van der Waals surface area contributed by atoms with E-state index in [-0.39, 0.29) is 23.4 Å². The van der Waals surface area contributed by atoms with Crippen LogP contribution in [-0.2, 0) is 25.5 Å². The van der Waals surface area contributed by atoms with Crippen LogP contribution in [0.15, 0.2) is 51.1 Å². The Morgan fingerprint density at radius 1 is 1.08 bits per heavy atom. The summed E-state index contributed by atoms with van der Waals surface area (Å²) in [5, 5.41) is 15.7. The predicted molar refractivity (Wildman–Crippen MR) is 136 cm³/mol. The number of allylic oxidation sites excluding steroid dienone is 1. The maximum Gasteiger partial charge on any atom is 0.336 e. The van der Waals surface area contributed by atoms with Crippen molar-refractivity contribution in [2.24, 2.45) is 10.9 Å². The lowest BCUT2D eigenvalue weighted by Crippen LogP contribution is -2.36. The molecule has 0 amide bonds. The Morgan fingerprint density at radius 3 is 2.46 bits per heavy atom. The number of nitro groups is 1. The molecule has 0 radical (unpaired) electrons. The number of benzene rings is 1. The van der Waals surface area contributed by atoms with E-state index in [1.165, 1.54) is 13.2 Å².